The van der Waals surface area contributed by atoms with Crippen LogP contribution >= 0.6 is 0 Å². The zero-order chi connectivity index (χ0) is 13.1. The van der Waals surface area contributed by atoms with Gasteiger partial charge in [0.1, 0.15) is 0 Å². The molecule has 1 aliphatic carbocycles. The first-order chi connectivity index (χ1) is 9.35. The minimum atomic E-state index is 0.507. The van der Waals surface area contributed by atoms with Crippen molar-refractivity contribution in [2.75, 3.05) is 26.7 Å². The van der Waals surface area contributed by atoms with Gasteiger partial charge < -0.3 is 10.1 Å². The van der Waals surface area contributed by atoms with Crippen LogP contribution in [0.2, 0.25) is 0 Å². The molecule has 2 aliphatic rings. The van der Waals surface area contributed by atoms with E-state index in [4.69, 9.17) is 4.74 Å². The highest BCUT2D eigenvalue weighted by Crippen LogP contribution is 2.28. The second kappa shape index (κ2) is 6.04. The molecule has 19 heavy (non-hydrogen) atoms. The second-order valence-electron chi connectivity index (χ2n) is 5.82. The van der Waals surface area contributed by atoms with Crippen molar-refractivity contribution in [3.63, 3.8) is 0 Å². The van der Waals surface area contributed by atoms with Crippen LogP contribution < -0.4 is 5.32 Å². The molecule has 1 atom stereocenters. The maximum Gasteiger partial charge on any atom is 0.0601 e. The predicted molar refractivity (Wildman–Crippen MR) is 77.3 cm³/mol. The number of methoxy groups -OCH3 is 1. The highest BCUT2D eigenvalue weighted by molar-refractivity contribution is 5.16. The van der Waals surface area contributed by atoms with Gasteiger partial charge in [-0.1, -0.05) is 30.3 Å². The van der Waals surface area contributed by atoms with E-state index >= 15 is 0 Å². The maximum atomic E-state index is 5.39. The highest BCUT2D eigenvalue weighted by Gasteiger charge is 2.35. The summed E-state index contributed by atoms with van der Waals surface area (Å²) in [6.45, 7) is 3.48. The fraction of sp³-hybridized carbons (Fsp3) is 0.625. The Morgan fingerprint density at radius 2 is 2.05 bits per heavy atom. The molecule has 1 saturated carbocycles. The molecule has 1 unspecified atom stereocenters. The summed E-state index contributed by atoms with van der Waals surface area (Å²) in [5.74, 6) is 0. The summed E-state index contributed by atoms with van der Waals surface area (Å²) in [4.78, 5) is 2.65. The third-order valence-corrected chi connectivity index (χ3v) is 4.53. The van der Waals surface area contributed by atoms with Crippen LogP contribution in [0.5, 0.6) is 0 Å². The lowest BCUT2D eigenvalue weighted by atomic mass is 9.87. The van der Waals surface area contributed by atoms with Crippen molar-refractivity contribution in [1.82, 2.24) is 10.2 Å². The second-order valence-corrected chi connectivity index (χ2v) is 5.82. The minimum absolute atomic E-state index is 0.507. The third-order valence-electron chi connectivity index (χ3n) is 4.53. The van der Waals surface area contributed by atoms with Gasteiger partial charge in [0.2, 0.25) is 0 Å². The van der Waals surface area contributed by atoms with Crippen molar-refractivity contribution in [3.05, 3.63) is 35.9 Å². The number of piperazine rings is 1. The van der Waals surface area contributed by atoms with Crippen LogP contribution in [0, 0.1) is 0 Å². The first kappa shape index (κ1) is 13.1. The Bertz CT molecular complexity index is 389. The molecule has 1 heterocycles. The summed E-state index contributed by atoms with van der Waals surface area (Å²) >= 11 is 0. The Balaban J connectivity index is 1.51. The van der Waals surface area contributed by atoms with Crippen molar-refractivity contribution in [1.29, 1.82) is 0 Å². The van der Waals surface area contributed by atoms with Crippen LogP contribution in [0.1, 0.15) is 18.4 Å². The van der Waals surface area contributed by atoms with Gasteiger partial charge in [0.25, 0.3) is 0 Å². The smallest absolute Gasteiger partial charge is 0.0601 e. The van der Waals surface area contributed by atoms with E-state index in [0.717, 1.165) is 19.0 Å². The molecule has 1 aromatic rings. The summed E-state index contributed by atoms with van der Waals surface area (Å²) in [5.41, 5.74) is 1.44. The molecule has 0 amide bonds. The van der Waals surface area contributed by atoms with Gasteiger partial charge in [-0.15, -0.1) is 0 Å². The summed E-state index contributed by atoms with van der Waals surface area (Å²) < 4.78 is 5.39. The molecule has 1 saturated heterocycles. The van der Waals surface area contributed by atoms with Crippen LogP contribution in [-0.2, 0) is 11.2 Å². The van der Waals surface area contributed by atoms with Gasteiger partial charge in [-0.25, -0.2) is 0 Å². The molecule has 1 N–H and O–H groups in total. The molecule has 0 bridgehead atoms. The number of nitrogens with zero attached hydrogens (tertiary/aromatic N) is 1. The summed E-state index contributed by atoms with van der Waals surface area (Å²) in [7, 11) is 1.83. The maximum absolute atomic E-state index is 5.39. The molecule has 2 fully saturated rings. The van der Waals surface area contributed by atoms with Gasteiger partial charge in [0.05, 0.1) is 6.10 Å². The number of hydrogen-bond acceptors (Lipinski definition) is 3. The van der Waals surface area contributed by atoms with E-state index in [0.29, 0.717) is 12.1 Å². The summed E-state index contributed by atoms with van der Waals surface area (Å²) in [5, 5.41) is 3.65. The first-order valence-corrected chi connectivity index (χ1v) is 7.39. The zero-order valence-electron chi connectivity index (χ0n) is 11.7. The predicted octanol–water partition coefficient (Wildman–Crippen LogP) is 1.68. The third kappa shape index (κ3) is 3.16. The molecule has 1 aromatic carbocycles. The zero-order valence-corrected chi connectivity index (χ0v) is 11.7. The van der Waals surface area contributed by atoms with Crippen LogP contribution in [0.25, 0.3) is 0 Å². The molecule has 1 aliphatic heterocycles. The van der Waals surface area contributed by atoms with E-state index < -0.39 is 0 Å². The van der Waals surface area contributed by atoms with Crippen LogP contribution in [0.4, 0.5) is 0 Å². The van der Waals surface area contributed by atoms with Gasteiger partial charge in [-0.2, -0.15) is 0 Å². The van der Waals surface area contributed by atoms with Crippen molar-refractivity contribution in [2.24, 2.45) is 0 Å². The molecular formula is C16H24N2O. The molecule has 0 aromatic heterocycles. The molecule has 0 radical (unpaired) electrons. The van der Waals surface area contributed by atoms with E-state index in [2.05, 4.69) is 40.5 Å². The Labute approximate surface area is 115 Å². The van der Waals surface area contributed by atoms with E-state index in [1.54, 1.807) is 0 Å². The lowest BCUT2D eigenvalue weighted by Gasteiger charge is -2.46. The topological polar surface area (TPSA) is 24.5 Å². The Morgan fingerprint density at radius 3 is 2.79 bits per heavy atom. The highest BCUT2D eigenvalue weighted by atomic mass is 16.5. The van der Waals surface area contributed by atoms with E-state index in [1.807, 2.05) is 7.11 Å². The van der Waals surface area contributed by atoms with Crippen molar-refractivity contribution in [2.45, 2.75) is 37.5 Å². The van der Waals surface area contributed by atoms with E-state index in [1.165, 1.54) is 31.5 Å². The van der Waals surface area contributed by atoms with Crippen LogP contribution in [-0.4, -0.2) is 49.8 Å². The normalized spacial score (nSPS) is 31.9. The number of rotatable bonds is 4. The molecular weight excluding hydrogens is 236 g/mol. The molecule has 104 valence electrons. The van der Waals surface area contributed by atoms with Crippen molar-refractivity contribution >= 4 is 0 Å². The number of benzene rings is 1. The molecule has 0 spiro atoms. The molecule has 3 nitrogen and oxygen atoms in total. The quantitative estimate of drug-likeness (QED) is 0.891. The Hall–Kier alpha value is -0.900. The molecule has 3 heteroatoms. The lowest BCUT2D eigenvalue weighted by molar-refractivity contribution is -0.0346. The monoisotopic (exact) mass is 260 g/mol. The number of nitrogens with one attached hydrogen (secondary N) is 1. The largest absolute Gasteiger partial charge is 0.381 e. The average molecular weight is 260 g/mol. The van der Waals surface area contributed by atoms with Gasteiger partial charge in [0, 0.05) is 38.8 Å². The summed E-state index contributed by atoms with van der Waals surface area (Å²) in [6.07, 6.45) is 4.08. The minimum Gasteiger partial charge on any atom is -0.381 e. The van der Waals surface area contributed by atoms with Crippen LogP contribution in [0.15, 0.2) is 30.3 Å². The molecule has 3 rings (SSSR count). The summed E-state index contributed by atoms with van der Waals surface area (Å²) in [6, 6.07) is 12.2. The van der Waals surface area contributed by atoms with Gasteiger partial charge in [-0.3, -0.25) is 4.90 Å². The van der Waals surface area contributed by atoms with Crippen molar-refractivity contribution < 1.29 is 4.74 Å². The van der Waals surface area contributed by atoms with Gasteiger partial charge in [-0.05, 0) is 24.8 Å². The van der Waals surface area contributed by atoms with E-state index in [9.17, 15) is 0 Å². The van der Waals surface area contributed by atoms with Crippen molar-refractivity contribution in [3.8, 4) is 0 Å². The van der Waals surface area contributed by atoms with E-state index in [-0.39, 0.29) is 0 Å². The fourth-order valence-electron chi connectivity index (χ4n) is 3.25. The average Bonchev–Trinajstić information content (AvgIpc) is 2.39. The van der Waals surface area contributed by atoms with Crippen LogP contribution in [0.3, 0.4) is 0 Å². The number of ether oxygens (including phenoxy) is 1. The Morgan fingerprint density at radius 1 is 1.26 bits per heavy atom. The number of hydrogen-bond donors (Lipinski definition) is 1. The SMILES string of the molecule is COC1CC(N2CCNC(Cc3ccccc3)C2)C1. The Kier molecular flexibility index (Phi) is 4.16. The van der Waals surface area contributed by atoms with Gasteiger partial charge in [0.15, 0.2) is 0 Å². The fourth-order valence-corrected chi connectivity index (χ4v) is 3.25. The first-order valence-electron chi connectivity index (χ1n) is 7.39. The standard InChI is InChI=1S/C16H24N2O/c1-19-16-10-15(11-16)18-8-7-17-14(12-18)9-13-5-3-2-4-6-13/h2-6,14-17H,7-12H2,1H3. The lowest BCUT2D eigenvalue weighted by Crippen LogP contribution is -2.58. The van der Waals surface area contributed by atoms with Gasteiger partial charge >= 0.3 is 0 Å².